The molecule has 0 spiro atoms. The number of nitrogens with zero attached hydrogens (tertiary/aromatic N) is 2. The lowest BCUT2D eigenvalue weighted by molar-refractivity contribution is 0.0954. The van der Waals surface area contributed by atoms with E-state index in [-0.39, 0.29) is 24.0 Å². The van der Waals surface area contributed by atoms with Crippen molar-refractivity contribution in [2.24, 2.45) is 0 Å². The topological polar surface area (TPSA) is 40.6 Å². The summed E-state index contributed by atoms with van der Waals surface area (Å²) in [4.78, 5) is 29.9. The molecule has 0 N–H and O–H groups in total. The Balaban J connectivity index is 1.99. The molecule has 2 aromatic rings. The minimum absolute atomic E-state index is 0.128. The highest BCUT2D eigenvalue weighted by Crippen LogP contribution is 2.27. The van der Waals surface area contributed by atoms with Crippen LogP contribution in [0.15, 0.2) is 54.6 Å². The summed E-state index contributed by atoms with van der Waals surface area (Å²) in [7, 11) is 0. The molecule has 1 aliphatic heterocycles. The summed E-state index contributed by atoms with van der Waals surface area (Å²) in [6.07, 6.45) is 3.05. The standard InChI is InChI=1S/C22H26N2O2/c1-16-12-14-19(15-13-16)21(25)24(20-10-5-4-6-11-20)22(26)23-17(2)8-7-9-18(23)3/h4-6,10-15,17-18H,7-9H2,1-3H3/t17-,18+. The van der Waals surface area contributed by atoms with E-state index in [1.54, 1.807) is 12.1 Å². The zero-order chi connectivity index (χ0) is 18.7. The van der Waals surface area contributed by atoms with Crippen LogP contribution in [0.5, 0.6) is 0 Å². The number of likely N-dealkylation sites (tertiary alicyclic amines) is 1. The first-order chi connectivity index (χ1) is 12.5. The first-order valence-corrected chi connectivity index (χ1v) is 9.27. The molecule has 0 unspecified atom stereocenters. The number of benzene rings is 2. The highest BCUT2D eigenvalue weighted by Gasteiger charge is 2.35. The number of imide groups is 1. The maximum atomic E-state index is 13.4. The number of piperidine rings is 1. The van der Waals surface area contributed by atoms with E-state index in [1.807, 2.05) is 54.3 Å². The molecule has 2 aromatic carbocycles. The molecule has 1 fully saturated rings. The monoisotopic (exact) mass is 350 g/mol. The predicted molar refractivity (Wildman–Crippen MR) is 104 cm³/mol. The summed E-state index contributed by atoms with van der Waals surface area (Å²) in [5, 5.41) is 0. The first kappa shape index (κ1) is 18.2. The summed E-state index contributed by atoms with van der Waals surface area (Å²) >= 11 is 0. The lowest BCUT2D eigenvalue weighted by Gasteiger charge is -2.41. The zero-order valence-corrected chi connectivity index (χ0v) is 15.7. The van der Waals surface area contributed by atoms with Crippen LogP contribution in [0.3, 0.4) is 0 Å². The van der Waals surface area contributed by atoms with Gasteiger partial charge in [0.25, 0.3) is 5.91 Å². The zero-order valence-electron chi connectivity index (χ0n) is 15.7. The van der Waals surface area contributed by atoms with Gasteiger partial charge >= 0.3 is 6.03 Å². The molecule has 0 saturated carbocycles. The maximum absolute atomic E-state index is 13.4. The van der Waals surface area contributed by atoms with E-state index in [9.17, 15) is 9.59 Å². The molecule has 3 rings (SSSR count). The number of carbonyl (C=O) groups excluding carboxylic acids is 2. The Hall–Kier alpha value is -2.62. The average molecular weight is 350 g/mol. The molecule has 0 radical (unpaired) electrons. The Morgan fingerprint density at radius 1 is 0.923 bits per heavy atom. The lowest BCUT2D eigenvalue weighted by atomic mass is 9.98. The van der Waals surface area contributed by atoms with E-state index in [0.717, 1.165) is 24.8 Å². The molecular formula is C22H26N2O2. The van der Waals surface area contributed by atoms with Gasteiger partial charge in [-0.1, -0.05) is 35.9 Å². The van der Waals surface area contributed by atoms with Crippen LogP contribution in [0.25, 0.3) is 0 Å². The third-order valence-electron chi connectivity index (χ3n) is 5.12. The van der Waals surface area contributed by atoms with Crippen molar-refractivity contribution in [3.05, 3.63) is 65.7 Å². The van der Waals surface area contributed by atoms with Gasteiger partial charge in [-0.15, -0.1) is 0 Å². The third-order valence-corrected chi connectivity index (χ3v) is 5.12. The molecule has 26 heavy (non-hydrogen) atoms. The summed E-state index contributed by atoms with van der Waals surface area (Å²) in [5.74, 6) is -0.286. The molecule has 136 valence electrons. The van der Waals surface area contributed by atoms with Crippen LogP contribution in [0.4, 0.5) is 10.5 Å². The van der Waals surface area contributed by atoms with Gasteiger partial charge in [0.2, 0.25) is 0 Å². The van der Waals surface area contributed by atoms with Crippen LogP contribution in [-0.4, -0.2) is 28.9 Å². The normalized spacial score (nSPS) is 19.9. The number of amides is 3. The highest BCUT2D eigenvalue weighted by atomic mass is 16.2. The van der Waals surface area contributed by atoms with E-state index in [4.69, 9.17) is 0 Å². The van der Waals surface area contributed by atoms with Crippen molar-refractivity contribution in [1.82, 2.24) is 4.90 Å². The van der Waals surface area contributed by atoms with Crippen LogP contribution in [0.1, 0.15) is 49.0 Å². The second-order valence-corrected chi connectivity index (χ2v) is 7.16. The predicted octanol–water partition coefficient (Wildman–Crippen LogP) is 5.02. The Bertz CT molecular complexity index is 760. The second-order valence-electron chi connectivity index (χ2n) is 7.16. The Labute approximate surface area is 155 Å². The van der Waals surface area contributed by atoms with Gasteiger partial charge in [-0.05, 0) is 64.3 Å². The van der Waals surface area contributed by atoms with E-state index in [2.05, 4.69) is 13.8 Å². The smallest absolute Gasteiger partial charge is 0.319 e. The molecule has 3 amide bonds. The van der Waals surface area contributed by atoms with Gasteiger partial charge in [-0.25, -0.2) is 9.69 Å². The van der Waals surface area contributed by atoms with Crippen LogP contribution in [0, 0.1) is 6.92 Å². The van der Waals surface area contributed by atoms with Gasteiger partial charge in [0.1, 0.15) is 0 Å². The van der Waals surface area contributed by atoms with Gasteiger partial charge in [0.15, 0.2) is 0 Å². The maximum Gasteiger partial charge on any atom is 0.332 e. The third kappa shape index (κ3) is 3.64. The van der Waals surface area contributed by atoms with Crippen LogP contribution < -0.4 is 4.90 Å². The molecule has 1 heterocycles. The molecule has 4 heteroatoms. The average Bonchev–Trinajstić information content (AvgIpc) is 2.63. The van der Waals surface area contributed by atoms with Crippen molar-refractivity contribution in [2.75, 3.05) is 4.90 Å². The van der Waals surface area contributed by atoms with Crippen molar-refractivity contribution in [1.29, 1.82) is 0 Å². The number of anilines is 1. The molecule has 0 aliphatic carbocycles. The van der Waals surface area contributed by atoms with Crippen LogP contribution in [0.2, 0.25) is 0 Å². The fourth-order valence-electron chi connectivity index (χ4n) is 3.63. The summed E-state index contributed by atoms with van der Waals surface area (Å²) < 4.78 is 0. The first-order valence-electron chi connectivity index (χ1n) is 9.27. The lowest BCUT2D eigenvalue weighted by Crippen LogP contribution is -2.55. The molecule has 1 saturated heterocycles. The Morgan fingerprint density at radius 2 is 1.50 bits per heavy atom. The van der Waals surface area contributed by atoms with E-state index in [1.165, 1.54) is 4.90 Å². The molecular weight excluding hydrogens is 324 g/mol. The molecule has 1 aliphatic rings. The Kier molecular flexibility index (Phi) is 5.40. The van der Waals surface area contributed by atoms with Crippen molar-refractivity contribution in [3.63, 3.8) is 0 Å². The number of urea groups is 1. The largest absolute Gasteiger partial charge is 0.332 e. The van der Waals surface area contributed by atoms with E-state index >= 15 is 0 Å². The number of hydrogen-bond donors (Lipinski definition) is 0. The molecule has 2 atom stereocenters. The fraction of sp³-hybridized carbons (Fsp3) is 0.364. The highest BCUT2D eigenvalue weighted by molar-refractivity contribution is 6.20. The van der Waals surface area contributed by atoms with Gasteiger partial charge in [0.05, 0.1) is 5.69 Å². The SMILES string of the molecule is Cc1ccc(C(=O)N(C(=O)N2[C@H](C)CCC[C@@H]2C)c2ccccc2)cc1. The van der Waals surface area contributed by atoms with Gasteiger partial charge < -0.3 is 4.90 Å². The van der Waals surface area contributed by atoms with Crippen LogP contribution in [-0.2, 0) is 0 Å². The van der Waals surface area contributed by atoms with Crippen LogP contribution >= 0.6 is 0 Å². The quantitative estimate of drug-likeness (QED) is 0.762. The number of rotatable bonds is 2. The van der Waals surface area contributed by atoms with Gasteiger partial charge in [0, 0.05) is 17.6 Å². The minimum atomic E-state index is -0.286. The molecule has 0 bridgehead atoms. The van der Waals surface area contributed by atoms with E-state index < -0.39 is 0 Å². The summed E-state index contributed by atoms with van der Waals surface area (Å²) in [6, 6.07) is 16.6. The minimum Gasteiger partial charge on any atom is -0.319 e. The summed E-state index contributed by atoms with van der Waals surface area (Å²) in [5.41, 5.74) is 2.20. The molecule has 4 nitrogen and oxygen atoms in total. The van der Waals surface area contributed by atoms with Crippen molar-refractivity contribution >= 4 is 17.6 Å². The van der Waals surface area contributed by atoms with Gasteiger partial charge in [-0.2, -0.15) is 0 Å². The number of hydrogen-bond acceptors (Lipinski definition) is 2. The molecule has 0 aromatic heterocycles. The van der Waals surface area contributed by atoms with E-state index in [0.29, 0.717) is 11.3 Å². The van der Waals surface area contributed by atoms with Crippen molar-refractivity contribution in [3.8, 4) is 0 Å². The number of carbonyl (C=O) groups is 2. The van der Waals surface area contributed by atoms with Crippen molar-refractivity contribution in [2.45, 2.75) is 52.1 Å². The van der Waals surface area contributed by atoms with Gasteiger partial charge in [-0.3, -0.25) is 4.79 Å². The second kappa shape index (κ2) is 7.73. The Morgan fingerprint density at radius 3 is 2.08 bits per heavy atom. The number of aryl methyl sites for hydroxylation is 1. The number of para-hydroxylation sites is 1. The summed E-state index contributed by atoms with van der Waals surface area (Å²) in [6.45, 7) is 6.10. The van der Waals surface area contributed by atoms with Crippen molar-refractivity contribution < 1.29 is 9.59 Å². The fourth-order valence-corrected chi connectivity index (χ4v) is 3.63.